The van der Waals surface area contributed by atoms with Crippen LogP contribution in [0.15, 0.2) is 6.20 Å². The highest BCUT2D eigenvalue weighted by atomic mass is 35.5. The minimum Gasteiger partial charge on any atom is -0.466 e. The normalized spacial score (nSPS) is 11.8. The van der Waals surface area contributed by atoms with Crippen molar-refractivity contribution in [2.75, 3.05) is 6.61 Å². The van der Waals surface area contributed by atoms with Crippen LogP contribution >= 0.6 is 11.6 Å². The number of hydrogen-bond acceptors (Lipinski definition) is 3. The molecule has 1 heterocycles. The topological polar surface area (TPSA) is 39.2 Å². The summed E-state index contributed by atoms with van der Waals surface area (Å²) >= 11 is 5.37. The van der Waals surface area contributed by atoms with Gasteiger partial charge in [-0.3, -0.25) is 9.78 Å². The SMILES string of the molecule is CCOC(=O)Cc1c(C(F)F)ncc(Cl)c1C(F)(F)F. The van der Waals surface area contributed by atoms with Gasteiger partial charge in [0.2, 0.25) is 0 Å². The predicted octanol–water partition coefficient (Wildman–Crippen LogP) is 3.80. The lowest BCUT2D eigenvalue weighted by Gasteiger charge is -2.16. The molecule has 0 spiro atoms. The van der Waals surface area contributed by atoms with Crippen LogP contribution in [0.4, 0.5) is 22.0 Å². The van der Waals surface area contributed by atoms with Crippen LogP contribution in [0.1, 0.15) is 30.2 Å². The minimum atomic E-state index is -4.98. The van der Waals surface area contributed by atoms with Crippen molar-refractivity contribution in [2.45, 2.75) is 25.9 Å². The monoisotopic (exact) mass is 317 g/mol. The third-order valence-corrected chi connectivity index (χ3v) is 2.57. The second-order valence-electron chi connectivity index (χ2n) is 3.63. The maximum atomic E-state index is 12.9. The van der Waals surface area contributed by atoms with E-state index in [2.05, 4.69) is 9.72 Å². The first-order chi connectivity index (χ1) is 9.18. The first kappa shape index (κ1) is 16.6. The molecule has 0 radical (unpaired) electrons. The summed E-state index contributed by atoms with van der Waals surface area (Å²) in [6.07, 6.45) is -8.74. The van der Waals surface area contributed by atoms with Gasteiger partial charge in [-0.25, -0.2) is 8.78 Å². The van der Waals surface area contributed by atoms with Crippen LogP contribution in [-0.4, -0.2) is 17.6 Å². The van der Waals surface area contributed by atoms with Gasteiger partial charge in [0.1, 0.15) is 5.69 Å². The van der Waals surface area contributed by atoms with Crippen LogP contribution in [0.2, 0.25) is 5.02 Å². The number of aromatic nitrogens is 1. The summed E-state index contributed by atoms with van der Waals surface area (Å²) in [5, 5.41) is -0.846. The van der Waals surface area contributed by atoms with Crippen LogP contribution in [0.5, 0.6) is 0 Å². The molecule has 0 aliphatic heterocycles. The highest BCUT2D eigenvalue weighted by Gasteiger charge is 2.39. The molecule has 0 fully saturated rings. The van der Waals surface area contributed by atoms with E-state index in [0.29, 0.717) is 6.20 Å². The Morgan fingerprint density at radius 3 is 2.50 bits per heavy atom. The molecule has 0 N–H and O–H groups in total. The number of carbonyl (C=O) groups is 1. The molecule has 1 aromatic heterocycles. The first-order valence-corrected chi connectivity index (χ1v) is 5.74. The van der Waals surface area contributed by atoms with E-state index in [1.165, 1.54) is 6.92 Å². The quantitative estimate of drug-likeness (QED) is 0.626. The standard InChI is InChI=1S/C11H9ClF5NO2/c1-2-20-7(19)3-5-8(11(15,16)17)6(12)4-18-9(5)10(13)14/h4,10H,2-3H2,1H3. The molecule has 0 aromatic carbocycles. The summed E-state index contributed by atoms with van der Waals surface area (Å²) in [5.74, 6) is -1.07. The lowest BCUT2D eigenvalue weighted by atomic mass is 10.0. The Morgan fingerprint density at radius 1 is 1.45 bits per heavy atom. The van der Waals surface area contributed by atoms with Crippen LogP contribution in [-0.2, 0) is 22.1 Å². The summed E-state index contributed by atoms with van der Waals surface area (Å²) in [7, 11) is 0. The van der Waals surface area contributed by atoms with E-state index in [9.17, 15) is 26.7 Å². The second kappa shape index (κ2) is 6.34. The van der Waals surface area contributed by atoms with Crippen LogP contribution in [0, 0.1) is 0 Å². The molecule has 3 nitrogen and oxygen atoms in total. The molecular weight excluding hydrogens is 309 g/mol. The molecule has 0 bridgehead atoms. The average Bonchev–Trinajstić information content (AvgIpc) is 2.26. The number of hydrogen-bond donors (Lipinski definition) is 0. The van der Waals surface area contributed by atoms with Crippen molar-refractivity contribution in [3.63, 3.8) is 0 Å². The second-order valence-corrected chi connectivity index (χ2v) is 4.03. The molecule has 0 saturated carbocycles. The summed E-state index contributed by atoms with van der Waals surface area (Å²) in [5.41, 5.74) is -3.58. The van der Waals surface area contributed by atoms with Gasteiger partial charge in [0.05, 0.1) is 23.6 Å². The first-order valence-electron chi connectivity index (χ1n) is 5.36. The molecule has 9 heteroatoms. The van der Waals surface area contributed by atoms with Crippen LogP contribution in [0.3, 0.4) is 0 Å². The van der Waals surface area contributed by atoms with Gasteiger partial charge in [-0.1, -0.05) is 11.6 Å². The molecule has 20 heavy (non-hydrogen) atoms. The van der Waals surface area contributed by atoms with Gasteiger partial charge in [0, 0.05) is 11.8 Å². The third kappa shape index (κ3) is 3.78. The molecule has 0 amide bonds. The van der Waals surface area contributed by atoms with E-state index in [-0.39, 0.29) is 6.61 Å². The maximum Gasteiger partial charge on any atom is 0.418 e. The fraction of sp³-hybridized carbons (Fsp3) is 0.455. The number of halogens is 6. The molecule has 0 aliphatic carbocycles. The van der Waals surface area contributed by atoms with E-state index in [0.717, 1.165) is 0 Å². The number of nitrogens with zero attached hydrogens (tertiary/aromatic N) is 1. The fourth-order valence-corrected chi connectivity index (χ4v) is 1.84. The fourth-order valence-electron chi connectivity index (χ4n) is 1.57. The Bertz CT molecular complexity index is 504. The Morgan fingerprint density at radius 2 is 2.05 bits per heavy atom. The summed E-state index contributed by atoms with van der Waals surface area (Å²) in [6.45, 7) is 1.35. The van der Waals surface area contributed by atoms with E-state index in [4.69, 9.17) is 11.6 Å². The van der Waals surface area contributed by atoms with Crippen LogP contribution in [0.25, 0.3) is 0 Å². The van der Waals surface area contributed by atoms with Crippen molar-refractivity contribution in [3.05, 3.63) is 28.0 Å². The number of esters is 1. The van der Waals surface area contributed by atoms with E-state index in [1.807, 2.05) is 0 Å². The lowest BCUT2D eigenvalue weighted by Crippen LogP contribution is -2.18. The van der Waals surface area contributed by atoms with Crippen molar-refractivity contribution in [1.82, 2.24) is 4.98 Å². The van der Waals surface area contributed by atoms with Gasteiger partial charge in [0.15, 0.2) is 0 Å². The van der Waals surface area contributed by atoms with E-state index in [1.54, 1.807) is 0 Å². The largest absolute Gasteiger partial charge is 0.466 e. The zero-order valence-corrected chi connectivity index (χ0v) is 10.9. The summed E-state index contributed by atoms with van der Waals surface area (Å²) in [4.78, 5) is 14.4. The molecule has 112 valence electrons. The number of pyridine rings is 1. The molecule has 1 rings (SSSR count). The van der Waals surface area contributed by atoms with Gasteiger partial charge < -0.3 is 4.74 Å². The van der Waals surface area contributed by atoms with E-state index >= 15 is 0 Å². The number of carbonyl (C=O) groups excluding carboxylic acids is 1. The molecule has 0 saturated heterocycles. The van der Waals surface area contributed by atoms with Gasteiger partial charge >= 0.3 is 12.1 Å². The Kier molecular flexibility index (Phi) is 5.27. The van der Waals surface area contributed by atoms with Crippen molar-refractivity contribution in [2.24, 2.45) is 0 Å². The predicted molar refractivity (Wildman–Crippen MR) is 59.5 cm³/mol. The van der Waals surface area contributed by atoms with Gasteiger partial charge in [0.25, 0.3) is 6.43 Å². The van der Waals surface area contributed by atoms with Gasteiger partial charge in [-0.05, 0) is 6.92 Å². The Balaban J connectivity index is 3.41. The highest BCUT2D eigenvalue weighted by molar-refractivity contribution is 6.31. The van der Waals surface area contributed by atoms with Crippen molar-refractivity contribution < 1.29 is 31.5 Å². The summed E-state index contributed by atoms with van der Waals surface area (Å²) in [6, 6.07) is 0. The average molecular weight is 318 g/mol. The van der Waals surface area contributed by atoms with Crippen molar-refractivity contribution >= 4 is 17.6 Å². The zero-order chi connectivity index (χ0) is 15.5. The van der Waals surface area contributed by atoms with Gasteiger partial charge in [-0.2, -0.15) is 13.2 Å². The molecule has 0 atom stereocenters. The zero-order valence-electron chi connectivity index (χ0n) is 10.1. The lowest BCUT2D eigenvalue weighted by molar-refractivity contribution is -0.143. The van der Waals surface area contributed by atoms with Gasteiger partial charge in [-0.15, -0.1) is 0 Å². The smallest absolute Gasteiger partial charge is 0.418 e. The maximum absolute atomic E-state index is 12.9. The number of alkyl halides is 5. The third-order valence-electron chi connectivity index (χ3n) is 2.28. The summed E-state index contributed by atoms with van der Waals surface area (Å²) < 4.78 is 68.6. The minimum absolute atomic E-state index is 0.0851. The van der Waals surface area contributed by atoms with Crippen molar-refractivity contribution in [1.29, 1.82) is 0 Å². The number of ether oxygens (including phenoxy) is 1. The van der Waals surface area contributed by atoms with E-state index < -0.39 is 46.8 Å². The molecule has 0 unspecified atom stereocenters. The molecule has 0 aliphatic rings. The van der Waals surface area contributed by atoms with Crippen molar-refractivity contribution in [3.8, 4) is 0 Å². The Labute approximate surface area is 115 Å². The Hall–Kier alpha value is -1.44. The molecular formula is C11H9ClF5NO2. The van der Waals surface area contributed by atoms with Crippen LogP contribution < -0.4 is 0 Å². The molecule has 1 aromatic rings. The number of rotatable bonds is 4. The highest BCUT2D eigenvalue weighted by Crippen LogP contribution is 2.40.